The third kappa shape index (κ3) is 3.33. The minimum Gasteiger partial charge on any atom is -0.490 e. The van der Waals surface area contributed by atoms with Gasteiger partial charge in [0.05, 0.1) is 5.02 Å². The Morgan fingerprint density at radius 1 is 1.47 bits per heavy atom. The normalized spacial score (nSPS) is 23.2. The van der Waals surface area contributed by atoms with Gasteiger partial charge < -0.3 is 10.1 Å². The van der Waals surface area contributed by atoms with Crippen molar-refractivity contribution in [3.63, 3.8) is 0 Å². The Hall–Kier alpha value is -0.800. The van der Waals surface area contributed by atoms with Crippen molar-refractivity contribution in [3.8, 4) is 5.75 Å². The van der Waals surface area contributed by atoms with Gasteiger partial charge in [0.15, 0.2) is 0 Å². The molecule has 0 unspecified atom stereocenters. The molecule has 0 bridgehead atoms. The Morgan fingerprint density at radius 3 is 2.88 bits per heavy atom. The Balaban J connectivity index is 1.77. The fraction of sp³-hybridized carbons (Fsp3) is 0.538. The molecule has 1 saturated carbocycles. The van der Waals surface area contributed by atoms with Gasteiger partial charge in [-0.25, -0.2) is 4.39 Å². The third-order valence-electron chi connectivity index (χ3n) is 2.97. The van der Waals surface area contributed by atoms with Gasteiger partial charge >= 0.3 is 0 Å². The zero-order valence-corrected chi connectivity index (χ0v) is 10.6. The van der Waals surface area contributed by atoms with Gasteiger partial charge in [0.2, 0.25) is 0 Å². The maximum absolute atomic E-state index is 13.2. The summed E-state index contributed by atoms with van der Waals surface area (Å²) in [6, 6.07) is 5.13. The predicted octanol–water partition coefficient (Wildman–Crippen LogP) is 3.39. The van der Waals surface area contributed by atoms with E-state index in [1.165, 1.54) is 12.1 Å². The summed E-state index contributed by atoms with van der Waals surface area (Å²) in [4.78, 5) is 0. The van der Waals surface area contributed by atoms with Crippen LogP contribution in [0.3, 0.4) is 0 Å². The second kappa shape index (κ2) is 5.69. The number of ether oxygens (including phenoxy) is 1. The van der Waals surface area contributed by atoms with E-state index < -0.39 is 5.82 Å². The van der Waals surface area contributed by atoms with Crippen molar-refractivity contribution in [2.75, 3.05) is 6.54 Å². The fourth-order valence-corrected chi connectivity index (χ4v) is 2.04. The maximum Gasteiger partial charge on any atom is 0.145 e. The highest BCUT2D eigenvalue weighted by molar-refractivity contribution is 6.30. The van der Waals surface area contributed by atoms with Gasteiger partial charge in [-0.15, -0.1) is 0 Å². The van der Waals surface area contributed by atoms with Gasteiger partial charge in [-0.05, 0) is 37.9 Å². The topological polar surface area (TPSA) is 21.3 Å². The van der Waals surface area contributed by atoms with Crippen molar-refractivity contribution in [3.05, 3.63) is 29.0 Å². The van der Waals surface area contributed by atoms with Crippen LogP contribution in [-0.4, -0.2) is 18.7 Å². The van der Waals surface area contributed by atoms with Crippen LogP contribution in [0.1, 0.15) is 26.2 Å². The van der Waals surface area contributed by atoms with Crippen LogP contribution in [0.25, 0.3) is 0 Å². The standard InChI is InChI=1S/C13H17ClFNO/c1-2-5-16-9-6-11(7-9)17-10-3-4-12(14)13(15)8-10/h3-4,8-9,11,16H,2,5-7H2,1H3. The zero-order chi connectivity index (χ0) is 12.3. The quantitative estimate of drug-likeness (QED) is 0.873. The molecule has 1 aromatic rings. The summed E-state index contributed by atoms with van der Waals surface area (Å²) in [5.41, 5.74) is 0. The van der Waals surface area contributed by atoms with E-state index in [-0.39, 0.29) is 11.1 Å². The molecule has 0 radical (unpaired) electrons. The molecule has 1 N–H and O–H groups in total. The molecule has 1 aromatic carbocycles. The van der Waals surface area contributed by atoms with Crippen LogP contribution in [0, 0.1) is 5.82 Å². The first-order valence-electron chi connectivity index (χ1n) is 6.04. The summed E-state index contributed by atoms with van der Waals surface area (Å²) in [5.74, 6) is 0.134. The monoisotopic (exact) mass is 257 g/mol. The maximum atomic E-state index is 13.2. The van der Waals surface area contributed by atoms with Gasteiger partial charge in [0.1, 0.15) is 17.7 Å². The second-order valence-electron chi connectivity index (χ2n) is 4.44. The van der Waals surface area contributed by atoms with E-state index >= 15 is 0 Å². The van der Waals surface area contributed by atoms with Gasteiger partial charge in [-0.3, -0.25) is 0 Å². The van der Waals surface area contributed by atoms with Crippen LogP contribution in [0.15, 0.2) is 18.2 Å². The first-order valence-corrected chi connectivity index (χ1v) is 6.42. The number of benzene rings is 1. The molecular weight excluding hydrogens is 241 g/mol. The van der Waals surface area contributed by atoms with Crippen LogP contribution in [-0.2, 0) is 0 Å². The largest absolute Gasteiger partial charge is 0.490 e. The number of halogens is 2. The second-order valence-corrected chi connectivity index (χ2v) is 4.85. The van der Waals surface area contributed by atoms with Crippen molar-refractivity contribution in [2.45, 2.75) is 38.3 Å². The van der Waals surface area contributed by atoms with Crippen molar-refractivity contribution in [1.29, 1.82) is 0 Å². The van der Waals surface area contributed by atoms with E-state index in [2.05, 4.69) is 12.2 Å². The summed E-state index contributed by atoms with van der Waals surface area (Å²) in [7, 11) is 0. The highest BCUT2D eigenvalue weighted by atomic mass is 35.5. The molecule has 17 heavy (non-hydrogen) atoms. The molecule has 94 valence electrons. The van der Waals surface area contributed by atoms with E-state index in [4.69, 9.17) is 16.3 Å². The SMILES string of the molecule is CCCNC1CC(Oc2ccc(Cl)c(F)c2)C1. The number of rotatable bonds is 5. The molecule has 1 fully saturated rings. The van der Waals surface area contributed by atoms with Crippen molar-refractivity contribution in [1.82, 2.24) is 5.32 Å². The van der Waals surface area contributed by atoms with Crippen LogP contribution in [0.4, 0.5) is 4.39 Å². The molecule has 0 amide bonds. The molecule has 1 aliphatic rings. The molecule has 2 nitrogen and oxygen atoms in total. The summed E-state index contributed by atoms with van der Waals surface area (Å²) >= 11 is 5.60. The lowest BCUT2D eigenvalue weighted by Crippen LogP contribution is -2.46. The lowest BCUT2D eigenvalue weighted by atomic mass is 9.89. The smallest absolute Gasteiger partial charge is 0.145 e. The van der Waals surface area contributed by atoms with E-state index in [1.54, 1.807) is 6.07 Å². The van der Waals surface area contributed by atoms with Gasteiger partial charge in [-0.1, -0.05) is 18.5 Å². The first kappa shape index (κ1) is 12.7. The minimum atomic E-state index is -0.427. The molecule has 0 aliphatic heterocycles. The number of nitrogens with one attached hydrogen (secondary N) is 1. The molecule has 0 atom stereocenters. The molecular formula is C13H17ClFNO. The molecule has 0 spiro atoms. The Kier molecular flexibility index (Phi) is 4.24. The van der Waals surface area contributed by atoms with Crippen molar-refractivity contribution < 1.29 is 9.13 Å². The van der Waals surface area contributed by atoms with Crippen LogP contribution in [0.2, 0.25) is 5.02 Å². The van der Waals surface area contributed by atoms with Crippen LogP contribution >= 0.6 is 11.6 Å². The summed E-state index contributed by atoms with van der Waals surface area (Å²) in [6.45, 7) is 3.20. The Morgan fingerprint density at radius 2 is 2.24 bits per heavy atom. The average Bonchev–Trinajstić information content (AvgIpc) is 2.26. The zero-order valence-electron chi connectivity index (χ0n) is 9.88. The summed E-state index contributed by atoms with van der Waals surface area (Å²) in [5, 5.41) is 3.56. The van der Waals surface area contributed by atoms with Crippen molar-refractivity contribution >= 4 is 11.6 Å². The van der Waals surface area contributed by atoms with E-state index in [9.17, 15) is 4.39 Å². The van der Waals surface area contributed by atoms with Crippen molar-refractivity contribution in [2.24, 2.45) is 0 Å². The molecule has 1 aliphatic carbocycles. The lowest BCUT2D eigenvalue weighted by Gasteiger charge is -2.36. The van der Waals surface area contributed by atoms with Crippen LogP contribution in [0.5, 0.6) is 5.75 Å². The Bertz CT molecular complexity index is 380. The Labute approximate surface area is 106 Å². The van der Waals surface area contributed by atoms with E-state index in [0.29, 0.717) is 11.8 Å². The third-order valence-corrected chi connectivity index (χ3v) is 3.28. The predicted molar refractivity (Wildman–Crippen MR) is 67.1 cm³/mol. The summed E-state index contributed by atoms with van der Waals surface area (Å²) in [6.07, 6.45) is 3.32. The van der Waals surface area contributed by atoms with Crippen LogP contribution < -0.4 is 10.1 Å². The average molecular weight is 258 g/mol. The summed E-state index contributed by atoms with van der Waals surface area (Å²) < 4.78 is 18.8. The highest BCUT2D eigenvalue weighted by Gasteiger charge is 2.30. The molecule has 0 aromatic heterocycles. The number of hydrogen-bond donors (Lipinski definition) is 1. The lowest BCUT2D eigenvalue weighted by molar-refractivity contribution is 0.0849. The molecule has 0 heterocycles. The van der Waals surface area contributed by atoms with Gasteiger partial charge in [0.25, 0.3) is 0 Å². The van der Waals surface area contributed by atoms with E-state index in [1.807, 2.05) is 0 Å². The van der Waals surface area contributed by atoms with E-state index in [0.717, 1.165) is 25.8 Å². The fourth-order valence-electron chi connectivity index (χ4n) is 1.92. The molecule has 2 rings (SSSR count). The molecule has 4 heteroatoms. The highest BCUT2D eigenvalue weighted by Crippen LogP contribution is 2.27. The minimum absolute atomic E-state index is 0.133. The molecule has 0 saturated heterocycles. The van der Waals surface area contributed by atoms with Gasteiger partial charge in [0, 0.05) is 12.1 Å². The first-order chi connectivity index (χ1) is 8.19. The number of hydrogen-bond acceptors (Lipinski definition) is 2. The van der Waals surface area contributed by atoms with Gasteiger partial charge in [-0.2, -0.15) is 0 Å².